The van der Waals surface area contributed by atoms with Crippen molar-refractivity contribution >= 4 is 5.90 Å². The van der Waals surface area contributed by atoms with Crippen LogP contribution in [0.3, 0.4) is 0 Å². The average molecular weight is 230 g/mol. The van der Waals surface area contributed by atoms with E-state index in [-0.39, 0.29) is 5.90 Å². The van der Waals surface area contributed by atoms with Crippen LogP contribution in [0.1, 0.15) is 12.6 Å². The zero-order valence-corrected chi connectivity index (χ0v) is 9.84. The lowest BCUT2D eigenvalue weighted by molar-refractivity contribution is 0.395. The van der Waals surface area contributed by atoms with Crippen molar-refractivity contribution in [2.75, 3.05) is 7.11 Å². The number of hydrogen-bond donors (Lipinski definition) is 1. The summed E-state index contributed by atoms with van der Waals surface area (Å²) in [6, 6.07) is 5.64. The van der Waals surface area contributed by atoms with Crippen LogP contribution >= 0.6 is 0 Å². The van der Waals surface area contributed by atoms with Crippen LogP contribution in [-0.2, 0) is 11.3 Å². The molecule has 0 radical (unpaired) electrons. The number of pyridine rings is 1. The monoisotopic (exact) mass is 230 g/mol. The molecule has 2 aromatic rings. The van der Waals surface area contributed by atoms with Gasteiger partial charge in [-0.2, -0.15) is 5.10 Å². The summed E-state index contributed by atoms with van der Waals surface area (Å²) in [4.78, 5) is 4.06. The third kappa shape index (κ3) is 2.18. The molecule has 0 aliphatic rings. The van der Waals surface area contributed by atoms with Crippen LogP contribution in [0, 0.1) is 5.41 Å². The summed E-state index contributed by atoms with van der Waals surface area (Å²) in [5.74, 6) is 0.120. The minimum absolute atomic E-state index is 0.120. The van der Waals surface area contributed by atoms with Gasteiger partial charge in [0.25, 0.3) is 0 Å². The number of methoxy groups -OCH3 is 1. The average Bonchev–Trinajstić information content (AvgIpc) is 2.83. The highest BCUT2D eigenvalue weighted by Gasteiger charge is 2.12. The highest BCUT2D eigenvalue weighted by molar-refractivity contribution is 5.91. The molecule has 0 saturated heterocycles. The van der Waals surface area contributed by atoms with E-state index in [1.54, 1.807) is 17.1 Å². The molecule has 88 valence electrons. The lowest BCUT2D eigenvalue weighted by Gasteiger charge is -2.03. The Balaban J connectivity index is 2.45. The van der Waals surface area contributed by atoms with Crippen molar-refractivity contribution in [3.05, 3.63) is 36.3 Å². The normalized spacial score (nSPS) is 10.2. The fourth-order valence-electron chi connectivity index (χ4n) is 1.60. The van der Waals surface area contributed by atoms with Gasteiger partial charge in [0, 0.05) is 24.5 Å². The molecule has 0 saturated carbocycles. The first kappa shape index (κ1) is 11.3. The summed E-state index contributed by atoms with van der Waals surface area (Å²) in [5, 5.41) is 12.1. The number of nitrogens with one attached hydrogen (secondary N) is 1. The first-order chi connectivity index (χ1) is 8.26. The minimum Gasteiger partial charge on any atom is -0.480 e. The summed E-state index contributed by atoms with van der Waals surface area (Å²) in [7, 11) is 1.49. The molecule has 0 amide bonds. The summed E-state index contributed by atoms with van der Waals surface area (Å²) in [5.41, 5.74) is 2.41. The van der Waals surface area contributed by atoms with Gasteiger partial charge in [0.15, 0.2) is 0 Å². The zero-order valence-electron chi connectivity index (χ0n) is 9.84. The molecule has 2 rings (SSSR count). The zero-order chi connectivity index (χ0) is 12.3. The SMILES string of the molecule is CCn1nc(-c2cccnc2)cc1C(=N)OC. The number of nitrogens with zero attached hydrogens (tertiary/aromatic N) is 3. The van der Waals surface area contributed by atoms with Crippen LogP contribution in [0.2, 0.25) is 0 Å². The summed E-state index contributed by atoms with van der Waals surface area (Å²) >= 11 is 0. The van der Waals surface area contributed by atoms with Gasteiger partial charge in [0.2, 0.25) is 5.90 Å². The lowest BCUT2D eigenvalue weighted by atomic mass is 10.2. The molecule has 17 heavy (non-hydrogen) atoms. The molecule has 0 spiro atoms. The van der Waals surface area contributed by atoms with Crippen molar-refractivity contribution in [2.24, 2.45) is 0 Å². The van der Waals surface area contributed by atoms with Crippen LogP contribution in [0.4, 0.5) is 0 Å². The van der Waals surface area contributed by atoms with E-state index in [0.29, 0.717) is 12.2 Å². The van der Waals surface area contributed by atoms with Crippen molar-refractivity contribution in [3.63, 3.8) is 0 Å². The van der Waals surface area contributed by atoms with E-state index in [1.165, 1.54) is 7.11 Å². The highest BCUT2D eigenvalue weighted by atomic mass is 16.5. The smallest absolute Gasteiger partial charge is 0.231 e. The molecule has 2 aromatic heterocycles. The van der Waals surface area contributed by atoms with Crippen molar-refractivity contribution < 1.29 is 4.74 Å². The van der Waals surface area contributed by atoms with Crippen LogP contribution in [0.5, 0.6) is 0 Å². The Bertz CT molecular complexity index is 519. The third-order valence-electron chi connectivity index (χ3n) is 2.47. The van der Waals surface area contributed by atoms with Gasteiger partial charge in [-0.15, -0.1) is 0 Å². The number of aromatic nitrogens is 3. The topological polar surface area (TPSA) is 63.8 Å². The molecule has 0 fully saturated rings. The van der Waals surface area contributed by atoms with Crippen molar-refractivity contribution in [1.29, 1.82) is 5.41 Å². The first-order valence-electron chi connectivity index (χ1n) is 5.37. The van der Waals surface area contributed by atoms with E-state index < -0.39 is 0 Å². The maximum absolute atomic E-state index is 7.70. The summed E-state index contributed by atoms with van der Waals surface area (Å²) < 4.78 is 6.68. The molecule has 1 N–H and O–H groups in total. The fourth-order valence-corrected chi connectivity index (χ4v) is 1.60. The second-order valence-electron chi connectivity index (χ2n) is 3.51. The largest absolute Gasteiger partial charge is 0.480 e. The quantitative estimate of drug-likeness (QED) is 0.647. The van der Waals surface area contributed by atoms with Crippen LogP contribution in [0.15, 0.2) is 30.6 Å². The van der Waals surface area contributed by atoms with Gasteiger partial charge in [-0.05, 0) is 25.1 Å². The fraction of sp³-hybridized carbons (Fsp3) is 0.250. The number of hydrogen-bond acceptors (Lipinski definition) is 4. The van der Waals surface area contributed by atoms with Crippen LogP contribution in [0.25, 0.3) is 11.3 Å². The Labute approximate surface area is 99.6 Å². The maximum atomic E-state index is 7.70. The van der Waals surface area contributed by atoms with Crippen molar-refractivity contribution in [3.8, 4) is 11.3 Å². The van der Waals surface area contributed by atoms with E-state index in [0.717, 1.165) is 11.3 Å². The summed E-state index contributed by atoms with van der Waals surface area (Å²) in [6.45, 7) is 2.67. The molecule has 2 heterocycles. The molecule has 0 bridgehead atoms. The Morgan fingerprint density at radius 3 is 2.94 bits per heavy atom. The van der Waals surface area contributed by atoms with Crippen molar-refractivity contribution in [2.45, 2.75) is 13.5 Å². The van der Waals surface area contributed by atoms with Crippen LogP contribution in [-0.4, -0.2) is 27.8 Å². The van der Waals surface area contributed by atoms with E-state index in [9.17, 15) is 0 Å². The molecule has 5 nitrogen and oxygen atoms in total. The van der Waals surface area contributed by atoms with E-state index in [4.69, 9.17) is 10.1 Å². The van der Waals surface area contributed by atoms with Gasteiger partial charge >= 0.3 is 0 Å². The predicted octanol–water partition coefficient (Wildman–Crippen LogP) is 1.94. The van der Waals surface area contributed by atoms with Gasteiger partial charge in [-0.1, -0.05) is 0 Å². The van der Waals surface area contributed by atoms with Gasteiger partial charge in [-0.25, -0.2) is 0 Å². The molecule has 0 aliphatic heterocycles. The third-order valence-corrected chi connectivity index (χ3v) is 2.47. The molecular formula is C12H14N4O. The van der Waals surface area contributed by atoms with Crippen LogP contribution < -0.4 is 0 Å². The number of aryl methyl sites for hydroxylation is 1. The van der Waals surface area contributed by atoms with Gasteiger partial charge in [0.1, 0.15) is 5.69 Å². The molecule has 0 atom stereocenters. The standard InChI is InChI=1S/C12H14N4O/c1-3-16-11(12(13)17-2)7-10(15-16)9-5-4-6-14-8-9/h4-8,13H,3H2,1-2H3. The lowest BCUT2D eigenvalue weighted by Crippen LogP contribution is -2.10. The molecule has 5 heteroatoms. The second-order valence-corrected chi connectivity index (χ2v) is 3.51. The molecule has 0 unspecified atom stereocenters. The Morgan fingerprint density at radius 1 is 1.53 bits per heavy atom. The maximum Gasteiger partial charge on any atom is 0.231 e. The first-order valence-corrected chi connectivity index (χ1v) is 5.37. The minimum atomic E-state index is 0.120. The molecule has 0 aromatic carbocycles. The Morgan fingerprint density at radius 2 is 2.35 bits per heavy atom. The predicted molar refractivity (Wildman–Crippen MR) is 65.0 cm³/mol. The Hall–Kier alpha value is -2.17. The number of rotatable bonds is 3. The molecular weight excluding hydrogens is 216 g/mol. The summed E-state index contributed by atoms with van der Waals surface area (Å²) in [6.07, 6.45) is 3.47. The van der Waals surface area contributed by atoms with E-state index in [2.05, 4.69) is 10.1 Å². The molecule has 0 aliphatic carbocycles. The van der Waals surface area contributed by atoms with Gasteiger partial charge < -0.3 is 4.74 Å². The van der Waals surface area contributed by atoms with E-state index >= 15 is 0 Å². The number of ether oxygens (including phenoxy) is 1. The van der Waals surface area contributed by atoms with Gasteiger partial charge in [-0.3, -0.25) is 15.1 Å². The van der Waals surface area contributed by atoms with Gasteiger partial charge in [0.05, 0.1) is 12.8 Å². The van der Waals surface area contributed by atoms with Crippen molar-refractivity contribution in [1.82, 2.24) is 14.8 Å². The highest BCUT2D eigenvalue weighted by Crippen LogP contribution is 2.18. The van der Waals surface area contributed by atoms with E-state index in [1.807, 2.05) is 25.1 Å². The Kier molecular flexibility index (Phi) is 3.18. The second kappa shape index (κ2) is 4.78.